The monoisotopic (exact) mass is 389 g/mol. The van der Waals surface area contributed by atoms with Crippen LogP contribution >= 0.6 is 23.5 Å². The van der Waals surface area contributed by atoms with Crippen LogP contribution in [0.25, 0.3) is 0 Å². The van der Waals surface area contributed by atoms with Crippen LogP contribution in [0.3, 0.4) is 0 Å². The molecule has 2 unspecified atom stereocenters. The van der Waals surface area contributed by atoms with Gasteiger partial charge in [-0.25, -0.2) is 4.79 Å². The summed E-state index contributed by atoms with van der Waals surface area (Å²) in [5.74, 6) is 1.00. The van der Waals surface area contributed by atoms with Crippen LogP contribution in [0.2, 0.25) is 0 Å². The first-order chi connectivity index (χ1) is 12.6. The van der Waals surface area contributed by atoms with Crippen molar-refractivity contribution < 1.29 is 19.1 Å². The number of benzene rings is 1. The van der Waals surface area contributed by atoms with Crippen molar-refractivity contribution >= 4 is 41.3 Å². The highest BCUT2D eigenvalue weighted by molar-refractivity contribution is 8.19. The number of carbonyl (C=O) groups is 3. The van der Waals surface area contributed by atoms with Gasteiger partial charge < -0.3 is 4.74 Å². The molecule has 2 atom stereocenters. The summed E-state index contributed by atoms with van der Waals surface area (Å²) in [6.07, 6.45) is 4.99. The van der Waals surface area contributed by atoms with Crippen molar-refractivity contribution in [2.75, 3.05) is 18.1 Å². The van der Waals surface area contributed by atoms with Crippen LogP contribution in [0.5, 0.6) is 5.75 Å². The molecule has 2 heterocycles. The van der Waals surface area contributed by atoms with E-state index in [4.69, 9.17) is 4.74 Å². The minimum absolute atomic E-state index is 0.257. The van der Waals surface area contributed by atoms with E-state index in [1.165, 1.54) is 5.56 Å². The standard InChI is InChI=1S/C19H19NO4S2/c21-16(11-20-17(22)14-3-1-2-4-15(14)18(20)23)24-13-7-5-12(6-8-13)19-25-9-10-26-19/h1-2,5-8,14-15,19H,3-4,9-11H2. The van der Waals surface area contributed by atoms with Crippen molar-refractivity contribution in [3.63, 3.8) is 0 Å². The molecule has 2 saturated heterocycles. The summed E-state index contributed by atoms with van der Waals surface area (Å²) in [5, 5.41) is 0. The van der Waals surface area contributed by atoms with Crippen LogP contribution in [0.1, 0.15) is 23.0 Å². The first-order valence-corrected chi connectivity index (χ1v) is 10.8. The molecular formula is C19H19NO4S2. The van der Waals surface area contributed by atoms with E-state index in [0.717, 1.165) is 16.4 Å². The number of thioether (sulfide) groups is 2. The Hall–Kier alpha value is -1.73. The largest absolute Gasteiger partial charge is 0.425 e. The number of amides is 2. The Morgan fingerprint density at radius 2 is 1.58 bits per heavy atom. The van der Waals surface area contributed by atoms with Gasteiger partial charge in [0.25, 0.3) is 0 Å². The molecule has 0 saturated carbocycles. The second kappa shape index (κ2) is 7.48. The molecule has 3 aliphatic rings. The molecule has 26 heavy (non-hydrogen) atoms. The number of rotatable bonds is 4. The summed E-state index contributed by atoms with van der Waals surface area (Å²) in [7, 11) is 0. The quantitative estimate of drug-likeness (QED) is 0.341. The van der Waals surface area contributed by atoms with Crippen molar-refractivity contribution in [1.29, 1.82) is 0 Å². The Morgan fingerprint density at radius 1 is 1.00 bits per heavy atom. The molecule has 0 bridgehead atoms. The summed E-state index contributed by atoms with van der Waals surface area (Å²) in [4.78, 5) is 38.1. The number of nitrogens with zero attached hydrogens (tertiary/aromatic N) is 1. The molecule has 2 aliphatic heterocycles. The average molecular weight is 389 g/mol. The lowest BCUT2D eigenvalue weighted by molar-refractivity contribution is -0.148. The minimum atomic E-state index is -0.587. The fraction of sp³-hybridized carbons (Fsp3) is 0.421. The van der Waals surface area contributed by atoms with Crippen LogP contribution in [-0.2, 0) is 14.4 Å². The first kappa shape index (κ1) is 17.7. The van der Waals surface area contributed by atoms with Crippen molar-refractivity contribution in [2.45, 2.75) is 17.4 Å². The first-order valence-electron chi connectivity index (χ1n) is 8.67. The number of hydrogen-bond acceptors (Lipinski definition) is 6. The number of imide groups is 1. The third kappa shape index (κ3) is 3.42. The van der Waals surface area contributed by atoms with Crippen molar-refractivity contribution in [1.82, 2.24) is 4.90 Å². The van der Waals surface area contributed by atoms with Gasteiger partial charge in [-0.2, -0.15) is 0 Å². The lowest BCUT2D eigenvalue weighted by atomic mass is 9.85. The Morgan fingerprint density at radius 3 is 2.15 bits per heavy atom. The number of hydrogen-bond donors (Lipinski definition) is 0. The van der Waals surface area contributed by atoms with E-state index in [1.54, 1.807) is 12.1 Å². The molecule has 7 heteroatoms. The Balaban J connectivity index is 1.36. The minimum Gasteiger partial charge on any atom is -0.425 e. The van der Waals surface area contributed by atoms with Gasteiger partial charge in [0.05, 0.1) is 16.4 Å². The molecule has 0 N–H and O–H groups in total. The van der Waals surface area contributed by atoms with Crippen LogP contribution in [-0.4, -0.2) is 40.7 Å². The van der Waals surface area contributed by atoms with Gasteiger partial charge in [0.15, 0.2) is 0 Å². The number of likely N-dealkylation sites (tertiary alicyclic amines) is 1. The number of esters is 1. The third-order valence-corrected chi connectivity index (χ3v) is 8.00. The normalized spacial score (nSPS) is 25.6. The molecule has 0 spiro atoms. The van der Waals surface area contributed by atoms with Crippen molar-refractivity contribution in [2.24, 2.45) is 11.8 Å². The predicted molar refractivity (Wildman–Crippen MR) is 102 cm³/mol. The van der Waals surface area contributed by atoms with Crippen LogP contribution in [0.4, 0.5) is 0 Å². The fourth-order valence-electron chi connectivity index (χ4n) is 3.56. The summed E-state index contributed by atoms with van der Waals surface area (Å²) in [5.41, 5.74) is 1.21. The van der Waals surface area contributed by atoms with E-state index in [1.807, 2.05) is 47.8 Å². The van der Waals surface area contributed by atoms with Gasteiger partial charge in [0, 0.05) is 11.5 Å². The highest BCUT2D eigenvalue weighted by Crippen LogP contribution is 2.45. The summed E-state index contributed by atoms with van der Waals surface area (Å²) in [6.45, 7) is -0.319. The summed E-state index contributed by atoms with van der Waals surface area (Å²) >= 11 is 3.83. The maximum absolute atomic E-state index is 12.4. The third-order valence-electron chi connectivity index (χ3n) is 4.89. The molecule has 5 nitrogen and oxygen atoms in total. The highest BCUT2D eigenvalue weighted by atomic mass is 32.2. The van der Waals surface area contributed by atoms with Crippen LogP contribution in [0, 0.1) is 11.8 Å². The van der Waals surface area contributed by atoms with Gasteiger partial charge in [-0.1, -0.05) is 24.3 Å². The number of ether oxygens (including phenoxy) is 1. The lowest BCUT2D eigenvalue weighted by Gasteiger charge is -2.14. The molecule has 2 fully saturated rings. The second-order valence-electron chi connectivity index (χ2n) is 6.54. The molecule has 4 rings (SSSR count). The lowest BCUT2D eigenvalue weighted by Crippen LogP contribution is -2.37. The van der Waals surface area contributed by atoms with Gasteiger partial charge in [-0.15, -0.1) is 23.5 Å². The Bertz CT molecular complexity index is 729. The number of fused-ring (bicyclic) bond motifs is 1. The van der Waals surface area contributed by atoms with E-state index in [0.29, 0.717) is 23.2 Å². The molecule has 0 radical (unpaired) electrons. The molecule has 1 aromatic carbocycles. The van der Waals surface area contributed by atoms with Crippen LogP contribution < -0.4 is 4.74 Å². The zero-order valence-electron chi connectivity index (χ0n) is 14.1. The summed E-state index contributed by atoms with van der Waals surface area (Å²) in [6, 6.07) is 7.46. The SMILES string of the molecule is O=C(CN1C(=O)C2CC=CCC2C1=O)Oc1ccc(C2SCCS2)cc1. The molecule has 1 aromatic rings. The Labute approximate surface area is 160 Å². The van der Waals surface area contributed by atoms with Gasteiger partial charge in [-0.05, 0) is 30.5 Å². The second-order valence-corrected chi connectivity index (χ2v) is 9.26. The maximum atomic E-state index is 12.4. The smallest absolute Gasteiger partial charge is 0.331 e. The molecule has 136 valence electrons. The summed E-state index contributed by atoms with van der Waals surface area (Å²) < 4.78 is 5.77. The molecular weight excluding hydrogens is 370 g/mol. The van der Waals surface area contributed by atoms with E-state index >= 15 is 0 Å². The van der Waals surface area contributed by atoms with Gasteiger partial charge in [0.2, 0.25) is 11.8 Å². The van der Waals surface area contributed by atoms with Gasteiger partial charge in [-0.3, -0.25) is 14.5 Å². The average Bonchev–Trinajstić information content (AvgIpc) is 3.27. The topological polar surface area (TPSA) is 63.7 Å². The zero-order valence-corrected chi connectivity index (χ0v) is 15.8. The van der Waals surface area contributed by atoms with E-state index < -0.39 is 5.97 Å². The zero-order chi connectivity index (χ0) is 18.1. The molecule has 1 aliphatic carbocycles. The number of allylic oxidation sites excluding steroid dienone is 2. The Kier molecular flexibility index (Phi) is 5.09. The van der Waals surface area contributed by atoms with E-state index in [9.17, 15) is 14.4 Å². The van der Waals surface area contributed by atoms with Crippen molar-refractivity contribution in [3.05, 3.63) is 42.0 Å². The van der Waals surface area contributed by atoms with Crippen LogP contribution in [0.15, 0.2) is 36.4 Å². The molecule has 2 amide bonds. The number of carbonyl (C=O) groups excluding carboxylic acids is 3. The van der Waals surface area contributed by atoms with Gasteiger partial charge >= 0.3 is 5.97 Å². The molecule has 0 aromatic heterocycles. The predicted octanol–water partition coefficient (Wildman–Crippen LogP) is 3.02. The van der Waals surface area contributed by atoms with Gasteiger partial charge in [0.1, 0.15) is 12.3 Å². The van der Waals surface area contributed by atoms with E-state index in [2.05, 4.69) is 0 Å². The highest BCUT2D eigenvalue weighted by Gasteiger charge is 2.47. The van der Waals surface area contributed by atoms with E-state index in [-0.39, 0.29) is 30.2 Å². The van der Waals surface area contributed by atoms with Crippen molar-refractivity contribution in [3.8, 4) is 5.75 Å². The maximum Gasteiger partial charge on any atom is 0.331 e. The fourth-order valence-corrected chi connectivity index (χ4v) is 6.42.